The predicted octanol–water partition coefficient (Wildman–Crippen LogP) is 5.33. The molecule has 3 atom stereocenters. The first-order valence-electron chi connectivity index (χ1n) is 10.3. The molecule has 2 aliphatic heterocycles. The molecule has 6 heteroatoms. The normalized spacial score (nSPS) is 24.3. The Balaban J connectivity index is 1.40. The number of sulfonamides is 1. The van der Waals surface area contributed by atoms with Crippen LogP contribution in [0.25, 0.3) is 0 Å². The lowest BCUT2D eigenvalue weighted by Crippen LogP contribution is -2.31. The Morgan fingerprint density at radius 1 is 1.07 bits per heavy atom. The van der Waals surface area contributed by atoms with Crippen molar-refractivity contribution in [3.05, 3.63) is 88.1 Å². The highest BCUT2D eigenvalue weighted by Gasteiger charge is 2.39. The summed E-state index contributed by atoms with van der Waals surface area (Å²) in [4.78, 5) is 1.72. The maximum Gasteiger partial charge on any atom is 0.264 e. The summed E-state index contributed by atoms with van der Waals surface area (Å²) in [5.41, 5.74) is 4.04. The maximum atomic E-state index is 13.5. The molecule has 0 bridgehead atoms. The Morgan fingerprint density at radius 3 is 2.83 bits per heavy atom. The Bertz CT molecular complexity index is 1250. The van der Waals surface area contributed by atoms with E-state index < -0.39 is 10.0 Å². The molecule has 3 unspecified atom stereocenters. The minimum atomic E-state index is -3.59. The third kappa shape index (κ3) is 2.67. The van der Waals surface area contributed by atoms with E-state index in [1.54, 1.807) is 21.7 Å². The van der Waals surface area contributed by atoms with Gasteiger partial charge in [0.2, 0.25) is 0 Å². The second-order valence-corrected chi connectivity index (χ2v) is 11.0. The molecule has 6 rings (SSSR count). The summed E-state index contributed by atoms with van der Waals surface area (Å²) in [7, 11) is -3.59. The van der Waals surface area contributed by atoms with Gasteiger partial charge in [0.1, 0.15) is 0 Å². The quantitative estimate of drug-likeness (QED) is 0.567. The minimum absolute atomic E-state index is 0.245. The molecule has 3 aliphatic rings. The van der Waals surface area contributed by atoms with E-state index in [1.165, 1.54) is 4.88 Å². The molecule has 30 heavy (non-hydrogen) atoms. The van der Waals surface area contributed by atoms with Crippen LogP contribution in [0, 0.1) is 5.92 Å². The highest BCUT2D eigenvalue weighted by atomic mass is 32.2. The Hall–Kier alpha value is -2.57. The van der Waals surface area contributed by atoms with Crippen LogP contribution in [-0.4, -0.2) is 15.0 Å². The summed E-state index contributed by atoms with van der Waals surface area (Å²) in [6.45, 7) is 0.503. The van der Waals surface area contributed by atoms with Gasteiger partial charge in [-0.05, 0) is 65.6 Å². The molecule has 0 fully saturated rings. The first kappa shape index (κ1) is 18.2. The number of rotatable bonds is 3. The number of hydrogen-bond acceptors (Lipinski definition) is 4. The van der Waals surface area contributed by atoms with E-state index in [4.69, 9.17) is 0 Å². The van der Waals surface area contributed by atoms with Crippen LogP contribution in [0.1, 0.15) is 34.4 Å². The number of para-hydroxylation sites is 1. The highest BCUT2D eigenvalue weighted by Crippen LogP contribution is 2.51. The number of nitrogens with zero attached hydrogens (tertiary/aromatic N) is 1. The van der Waals surface area contributed by atoms with E-state index in [1.807, 2.05) is 36.4 Å². The third-order valence-electron chi connectivity index (χ3n) is 6.62. The summed E-state index contributed by atoms with van der Waals surface area (Å²) in [5.74, 6) is 0.663. The summed E-state index contributed by atoms with van der Waals surface area (Å²) in [6, 6.07) is 17.9. The molecule has 4 nitrogen and oxygen atoms in total. The van der Waals surface area contributed by atoms with Crippen molar-refractivity contribution in [2.45, 2.75) is 29.7 Å². The van der Waals surface area contributed by atoms with Gasteiger partial charge in [0.25, 0.3) is 10.0 Å². The Labute approximate surface area is 180 Å². The van der Waals surface area contributed by atoms with E-state index in [9.17, 15) is 8.42 Å². The van der Waals surface area contributed by atoms with Gasteiger partial charge in [0.15, 0.2) is 0 Å². The smallest absolute Gasteiger partial charge is 0.264 e. The van der Waals surface area contributed by atoms with Crippen LogP contribution in [0.2, 0.25) is 0 Å². The zero-order chi connectivity index (χ0) is 20.3. The second kappa shape index (κ2) is 6.72. The van der Waals surface area contributed by atoms with E-state index >= 15 is 0 Å². The first-order valence-corrected chi connectivity index (χ1v) is 12.7. The van der Waals surface area contributed by atoms with Gasteiger partial charge in [-0.3, -0.25) is 4.31 Å². The fourth-order valence-electron chi connectivity index (χ4n) is 5.17. The number of fused-ring (bicyclic) bond motifs is 4. The molecular formula is C24H22N2O2S2. The molecule has 0 radical (unpaired) electrons. The van der Waals surface area contributed by atoms with Crippen LogP contribution in [-0.2, 0) is 16.4 Å². The summed E-state index contributed by atoms with van der Waals surface area (Å²) < 4.78 is 28.6. The van der Waals surface area contributed by atoms with E-state index in [2.05, 4.69) is 35.0 Å². The van der Waals surface area contributed by atoms with Crippen molar-refractivity contribution in [3.8, 4) is 0 Å². The van der Waals surface area contributed by atoms with Crippen molar-refractivity contribution in [2.24, 2.45) is 5.92 Å². The topological polar surface area (TPSA) is 49.4 Å². The van der Waals surface area contributed by atoms with Gasteiger partial charge in [-0.15, -0.1) is 11.3 Å². The van der Waals surface area contributed by atoms with Gasteiger partial charge in [-0.2, -0.15) is 0 Å². The lowest BCUT2D eigenvalue weighted by atomic mass is 9.79. The number of allylic oxidation sites excluding steroid dienone is 2. The van der Waals surface area contributed by atoms with Crippen molar-refractivity contribution >= 4 is 32.7 Å². The molecule has 1 N–H and O–H groups in total. The molecule has 2 aromatic carbocycles. The van der Waals surface area contributed by atoms with Crippen molar-refractivity contribution in [1.82, 2.24) is 0 Å². The SMILES string of the molecule is O=S(=O)(c1ccc2c(c1)C1C=CCC1C(c1cccs1)N2)N1CCc2ccccc21. The molecule has 1 aliphatic carbocycles. The molecule has 3 heterocycles. The average molecular weight is 435 g/mol. The molecule has 152 valence electrons. The summed E-state index contributed by atoms with van der Waals surface area (Å²) >= 11 is 1.78. The lowest BCUT2D eigenvalue weighted by molar-refractivity contribution is 0.429. The summed E-state index contributed by atoms with van der Waals surface area (Å²) in [6.07, 6.45) is 6.27. The zero-order valence-corrected chi connectivity index (χ0v) is 18.0. The van der Waals surface area contributed by atoms with E-state index in [0.29, 0.717) is 17.4 Å². The van der Waals surface area contributed by atoms with Crippen molar-refractivity contribution in [1.29, 1.82) is 0 Å². The number of benzene rings is 2. The molecule has 0 saturated carbocycles. The molecule has 0 saturated heterocycles. The zero-order valence-electron chi connectivity index (χ0n) is 16.4. The van der Waals surface area contributed by atoms with Crippen molar-refractivity contribution < 1.29 is 8.42 Å². The second-order valence-electron chi connectivity index (χ2n) is 8.20. The van der Waals surface area contributed by atoms with Crippen LogP contribution in [0.15, 0.2) is 77.0 Å². The van der Waals surface area contributed by atoms with Crippen LogP contribution < -0.4 is 9.62 Å². The highest BCUT2D eigenvalue weighted by molar-refractivity contribution is 7.92. The third-order valence-corrected chi connectivity index (χ3v) is 9.38. The standard InChI is InChI=1S/C24H22N2O2S2/c27-30(28,26-13-12-16-5-1-2-8-22(16)26)17-10-11-21-20(15-17)18-6-3-7-19(18)24(25-21)23-9-4-14-29-23/h1-6,8-11,14-15,18-19,24-25H,7,12-13H2. The van der Waals surface area contributed by atoms with Gasteiger partial charge < -0.3 is 5.32 Å². The lowest BCUT2D eigenvalue weighted by Gasteiger charge is -2.37. The molecule has 0 spiro atoms. The van der Waals surface area contributed by atoms with Crippen LogP contribution in [0.3, 0.4) is 0 Å². The summed E-state index contributed by atoms with van der Waals surface area (Å²) in [5, 5.41) is 5.82. The fourth-order valence-corrected chi connectivity index (χ4v) is 7.56. The van der Waals surface area contributed by atoms with Gasteiger partial charge in [-0.1, -0.05) is 36.4 Å². The maximum absolute atomic E-state index is 13.5. The van der Waals surface area contributed by atoms with Crippen LogP contribution in [0.5, 0.6) is 0 Å². The van der Waals surface area contributed by atoms with Gasteiger partial charge in [0.05, 0.1) is 16.6 Å². The first-order chi connectivity index (χ1) is 14.6. The van der Waals surface area contributed by atoms with Crippen molar-refractivity contribution in [3.63, 3.8) is 0 Å². The monoisotopic (exact) mass is 434 g/mol. The number of thiophene rings is 1. The van der Waals surface area contributed by atoms with Crippen LogP contribution in [0.4, 0.5) is 11.4 Å². The molecule has 0 amide bonds. The van der Waals surface area contributed by atoms with Crippen molar-refractivity contribution in [2.75, 3.05) is 16.2 Å². The van der Waals surface area contributed by atoms with E-state index in [0.717, 1.165) is 35.3 Å². The molecular weight excluding hydrogens is 412 g/mol. The fraction of sp³-hybridized carbons (Fsp3) is 0.250. The average Bonchev–Trinajstić information content (AvgIpc) is 3.53. The number of anilines is 2. The molecule has 1 aromatic heterocycles. The van der Waals surface area contributed by atoms with Gasteiger partial charge in [0, 0.05) is 23.0 Å². The Morgan fingerprint density at radius 2 is 1.97 bits per heavy atom. The predicted molar refractivity (Wildman–Crippen MR) is 122 cm³/mol. The largest absolute Gasteiger partial charge is 0.377 e. The van der Waals surface area contributed by atoms with E-state index in [-0.39, 0.29) is 12.0 Å². The van der Waals surface area contributed by atoms with Gasteiger partial charge in [-0.25, -0.2) is 8.42 Å². The number of hydrogen-bond donors (Lipinski definition) is 1. The van der Waals surface area contributed by atoms with Crippen LogP contribution >= 0.6 is 11.3 Å². The van der Waals surface area contributed by atoms with Gasteiger partial charge >= 0.3 is 0 Å². The minimum Gasteiger partial charge on any atom is -0.377 e. The Kier molecular flexibility index (Phi) is 4.08. The number of nitrogens with one attached hydrogen (secondary N) is 1. The molecule has 3 aromatic rings.